The van der Waals surface area contributed by atoms with Gasteiger partial charge in [-0.1, -0.05) is 50.1 Å². The van der Waals surface area contributed by atoms with Gasteiger partial charge >= 0.3 is 0 Å². The van der Waals surface area contributed by atoms with Gasteiger partial charge in [-0.05, 0) is 100 Å². The molecular formula is C35H52N4O. The van der Waals surface area contributed by atoms with E-state index >= 15 is 0 Å². The molecule has 4 aliphatic carbocycles. The van der Waals surface area contributed by atoms with Gasteiger partial charge in [0, 0.05) is 50.5 Å². The standard InChI is InChI=1S/C35H52N4O/c1-5-36-31-12-8-13-32(37-31)39-22-20-38(21-23-39)19-9-11-30(40)33-25(2)24-29-27-15-14-26-10-6-7-17-34(26,3)28(27)16-18-35(29,33)4/h8,10,12-13,16,25,27,29,33H,5-7,9,11,14-15,17-24H2,1-4H3,(H,36,37)/t25-,27-,29+,33-,34+,35+/m1/s1. The van der Waals surface area contributed by atoms with Gasteiger partial charge in [0.05, 0.1) is 0 Å². The smallest absolute Gasteiger partial charge is 0.136 e. The fraction of sp³-hybridized carbons (Fsp3) is 0.714. The molecule has 0 spiro atoms. The third kappa shape index (κ3) is 4.95. The average Bonchev–Trinajstić information content (AvgIpc) is 3.23. The Morgan fingerprint density at radius 2 is 1.98 bits per heavy atom. The number of anilines is 2. The van der Waals surface area contributed by atoms with Crippen LogP contribution in [0.25, 0.3) is 0 Å². The van der Waals surface area contributed by atoms with Crippen molar-refractivity contribution in [1.29, 1.82) is 0 Å². The first kappa shape index (κ1) is 28.0. The fourth-order valence-corrected chi connectivity index (χ4v) is 9.81. The van der Waals surface area contributed by atoms with Crippen LogP contribution in [0.5, 0.6) is 0 Å². The second kappa shape index (κ2) is 11.3. The second-order valence-electron chi connectivity index (χ2n) is 14.1. The summed E-state index contributed by atoms with van der Waals surface area (Å²) in [5.74, 6) is 4.71. The molecule has 2 heterocycles. The molecule has 0 unspecified atom stereocenters. The Morgan fingerprint density at radius 1 is 1.15 bits per heavy atom. The first-order valence-corrected chi connectivity index (χ1v) is 16.4. The van der Waals surface area contributed by atoms with E-state index < -0.39 is 0 Å². The van der Waals surface area contributed by atoms with E-state index in [2.05, 4.69) is 67.1 Å². The number of allylic oxidation sites excluding steroid dienone is 4. The molecule has 6 atom stereocenters. The third-order valence-corrected chi connectivity index (χ3v) is 11.8. The summed E-state index contributed by atoms with van der Waals surface area (Å²) < 4.78 is 0. The van der Waals surface area contributed by atoms with E-state index in [0.717, 1.165) is 70.2 Å². The maximum absolute atomic E-state index is 13.9. The average molecular weight is 545 g/mol. The van der Waals surface area contributed by atoms with E-state index in [4.69, 9.17) is 4.98 Å². The van der Waals surface area contributed by atoms with E-state index in [0.29, 0.717) is 29.0 Å². The first-order chi connectivity index (χ1) is 19.3. The summed E-state index contributed by atoms with van der Waals surface area (Å²) in [6, 6.07) is 6.25. The fourth-order valence-electron chi connectivity index (χ4n) is 9.81. The van der Waals surface area contributed by atoms with Crippen molar-refractivity contribution in [2.45, 2.75) is 85.5 Å². The molecule has 5 nitrogen and oxygen atoms in total. The number of nitrogens with one attached hydrogen (secondary N) is 1. The molecular weight excluding hydrogens is 492 g/mol. The van der Waals surface area contributed by atoms with Crippen molar-refractivity contribution in [3.05, 3.63) is 41.5 Å². The van der Waals surface area contributed by atoms with Crippen molar-refractivity contribution in [3.8, 4) is 0 Å². The Labute approximate surface area is 242 Å². The summed E-state index contributed by atoms with van der Waals surface area (Å²) >= 11 is 0. The second-order valence-corrected chi connectivity index (χ2v) is 14.1. The number of aromatic nitrogens is 1. The number of fused-ring (bicyclic) bond motifs is 5. The van der Waals surface area contributed by atoms with Gasteiger partial charge in [-0.2, -0.15) is 0 Å². The van der Waals surface area contributed by atoms with Crippen molar-refractivity contribution in [1.82, 2.24) is 9.88 Å². The Morgan fingerprint density at radius 3 is 2.77 bits per heavy atom. The van der Waals surface area contributed by atoms with E-state index in [-0.39, 0.29) is 11.3 Å². The Balaban J connectivity index is 1.03. The van der Waals surface area contributed by atoms with Crippen molar-refractivity contribution in [3.63, 3.8) is 0 Å². The number of hydrogen-bond donors (Lipinski definition) is 1. The molecule has 1 saturated heterocycles. The van der Waals surface area contributed by atoms with Gasteiger partial charge in [-0.25, -0.2) is 4.98 Å². The highest BCUT2D eigenvalue weighted by atomic mass is 16.1. The molecule has 0 bridgehead atoms. The maximum atomic E-state index is 13.9. The largest absolute Gasteiger partial charge is 0.370 e. The quantitative estimate of drug-likeness (QED) is 0.353. The van der Waals surface area contributed by atoms with Crippen LogP contribution in [0.4, 0.5) is 11.6 Å². The van der Waals surface area contributed by atoms with Crippen molar-refractivity contribution in [2.24, 2.45) is 34.5 Å². The molecule has 0 radical (unpaired) electrons. The van der Waals surface area contributed by atoms with Gasteiger partial charge < -0.3 is 10.2 Å². The minimum Gasteiger partial charge on any atom is -0.370 e. The zero-order valence-corrected chi connectivity index (χ0v) is 25.6. The Hall–Kier alpha value is -2.14. The summed E-state index contributed by atoms with van der Waals surface area (Å²) in [5.41, 5.74) is 3.94. The maximum Gasteiger partial charge on any atom is 0.136 e. The highest BCUT2D eigenvalue weighted by Gasteiger charge is 2.59. The molecule has 1 aromatic rings. The molecule has 5 heteroatoms. The highest BCUT2D eigenvalue weighted by molar-refractivity contribution is 5.82. The number of piperazine rings is 1. The lowest BCUT2D eigenvalue weighted by Gasteiger charge is -2.53. The van der Waals surface area contributed by atoms with Crippen LogP contribution < -0.4 is 10.2 Å². The lowest BCUT2D eigenvalue weighted by molar-refractivity contribution is -0.128. The van der Waals surface area contributed by atoms with Crippen LogP contribution in [0.2, 0.25) is 0 Å². The van der Waals surface area contributed by atoms with Crippen LogP contribution in [0.1, 0.15) is 85.5 Å². The number of Topliss-reactive ketones (excluding diaryl/α,β-unsaturated/α-hetero) is 1. The van der Waals surface area contributed by atoms with Crippen molar-refractivity contribution >= 4 is 17.4 Å². The van der Waals surface area contributed by atoms with Gasteiger partial charge in [0.25, 0.3) is 0 Å². The summed E-state index contributed by atoms with van der Waals surface area (Å²) in [5, 5.41) is 3.32. The molecule has 5 aliphatic rings. The van der Waals surface area contributed by atoms with E-state index in [1.54, 1.807) is 11.1 Å². The minimum absolute atomic E-state index is 0.150. The van der Waals surface area contributed by atoms with Crippen LogP contribution in [-0.2, 0) is 4.79 Å². The van der Waals surface area contributed by atoms with Gasteiger partial charge in [-0.3, -0.25) is 9.69 Å². The van der Waals surface area contributed by atoms with Crippen molar-refractivity contribution in [2.75, 3.05) is 49.5 Å². The van der Waals surface area contributed by atoms with Gasteiger partial charge in [0.1, 0.15) is 17.4 Å². The summed E-state index contributed by atoms with van der Waals surface area (Å²) in [6.45, 7) is 15.5. The molecule has 2 saturated carbocycles. The number of ketones is 1. The number of carbonyl (C=O) groups excluding carboxylic acids is 1. The van der Waals surface area contributed by atoms with Crippen LogP contribution in [-0.4, -0.2) is 54.9 Å². The minimum atomic E-state index is 0.150. The molecule has 3 fully saturated rings. The number of rotatable bonds is 8. The molecule has 0 amide bonds. The molecule has 40 heavy (non-hydrogen) atoms. The predicted molar refractivity (Wildman–Crippen MR) is 166 cm³/mol. The summed E-state index contributed by atoms with van der Waals surface area (Å²) in [7, 11) is 0. The molecule has 1 aliphatic heterocycles. The summed E-state index contributed by atoms with van der Waals surface area (Å²) in [6.07, 6.45) is 15.8. The topological polar surface area (TPSA) is 48.5 Å². The van der Waals surface area contributed by atoms with Crippen LogP contribution in [0.3, 0.4) is 0 Å². The van der Waals surface area contributed by atoms with E-state index in [9.17, 15) is 4.79 Å². The first-order valence-electron chi connectivity index (χ1n) is 16.4. The monoisotopic (exact) mass is 544 g/mol. The predicted octanol–water partition coefficient (Wildman–Crippen LogP) is 7.12. The molecule has 1 aromatic heterocycles. The van der Waals surface area contributed by atoms with Gasteiger partial charge in [0.15, 0.2) is 0 Å². The van der Waals surface area contributed by atoms with Gasteiger partial charge in [-0.15, -0.1) is 0 Å². The zero-order valence-electron chi connectivity index (χ0n) is 25.6. The van der Waals surface area contributed by atoms with Crippen molar-refractivity contribution < 1.29 is 4.79 Å². The highest BCUT2D eigenvalue weighted by Crippen LogP contribution is 2.66. The summed E-state index contributed by atoms with van der Waals surface area (Å²) in [4.78, 5) is 23.6. The van der Waals surface area contributed by atoms with E-state index in [1.807, 2.05) is 6.07 Å². The third-order valence-electron chi connectivity index (χ3n) is 11.8. The van der Waals surface area contributed by atoms with Crippen LogP contribution in [0, 0.1) is 34.5 Å². The zero-order chi connectivity index (χ0) is 27.9. The number of carbonyl (C=O) groups is 1. The molecule has 0 aromatic carbocycles. The lowest BCUT2D eigenvalue weighted by atomic mass is 9.51. The number of nitrogens with zero attached hydrogens (tertiary/aromatic N) is 3. The van der Waals surface area contributed by atoms with Gasteiger partial charge in [0.2, 0.25) is 0 Å². The molecule has 6 rings (SSSR count). The Kier molecular flexibility index (Phi) is 7.89. The number of hydrogen-bond acceptors (Lipinski definition) is 5. The lowest BCUT2D eigenvalue weighted by Crippen LogP contribution is -2.47. The number of pyridine rings is 1. The normalized spacial score (nSPS) is 35.8. The van der Waals surface area contributed by atoms with Crippen LogP contribution >= 0.6 is 0 Å². The van der Waals surface area contributed by atoms with Crippen LogP contribution in [0.15, 0.2) is 41.5 Å². The molecule has 1 N–H and O–H groups in total. The molecule has 218 valence electrons. The van der Waals surface area contributed by atoms with E-state index in [1.165, 1.54) is 38.5 Å². The SMILES string of the molecule is CCNc1cccc(N2CCN(CCCC(=O)[C@H]3[C@H](C)C[C@H]4[C@@H]5CCC6=CCCC[C@]6(C)C5=CC[C@@]43C)CC2)n1. The Bertz CT molecular complexity index is 1150.